The van der Waals surface area contributed by atoms with E-state index in [1.54, 1.807) is 18.6 Å². The van der Waals surface area contributed by atoms with Crippen LogP contribution in [0.15, 0.2) is 16.9 Å². The predicted octanol–water partition coefficient (Wildman–Crippen LogP) is 1.42. The normalized spacial score (nSPS) is 14.8. The highest BCUT2D eigenvalue weighted by Gasteiger charge is 2.05. The Morgan fingerprint density at radius 2 is 2.14 bits per heavy atom. The molecule has 2 atom stereocenters. The topological polar surface area (TPSA) is 54.9 Å². The van der Waals surface area contributed by atoms with Crippen LogP contribution in [0.3, 0.4) is 0 Å². The minimum atomic E-state index is -0.801. The molecule has 0 saturated carbocycles. The third-order valence-electron chi connectivity index (χ3n) is 1.48. The Morgan fingerprint density at radius 3 is 2.64 bits per heavy atom. The van der Waals surface area contributed by atoms with Crippen LogP contribution < -0.4 is 5.32 Å². The molecule has 1 rings (SSSR count). The molecule has 0 aliphatic rings. The standard InChI is InChI=1S/C8H12BrN3OS/c1-6(5-14(2)13)12-8-10-3-7(9)4-11-8/h3-4,6H,5H2,1-2H3,(H,10,11,12). The first-order valence-corrected chi connectivity index (χ1v) is 6.64. The molecule has 1 heterocycles. The molecule has 2 unspecified atom stereocenters. The first-order chi connectivity index (χ1) is 6.58. The third-order valence-corrected chi connectivity index (χ3v) is 2.86. The number of anilines is 1. The van der Waals surface area contributed by atoms with Crippen molar-refractivity contribution in [2.24, 2.45) is 0 Å². The van der Waals surface area contributed by atoms with Gasteiger partial charge < -0.3 is 5.32 Å². The van der Waals surface area contributed by atoms with Crippen LogP contribution in [0.1, 0.15) is 6.92 Å². The number of nitrogens with one attached hydrogen (secondary N) is 1. The summed E-state index contributed by atoms with van der Waals surface area (Å²) in [6, 6.07) is 0.113. The second-order valence-corrected chi connectivity index (χ2v) is 5.41. The molecule has 6 heteroatoms. The van der Waals surface area contributed by atoms with Crippen LogP contribution in [0, 0.1) is 0 Å². The highest BCUT2D eigenvalue weighted by molar-refractivity contribution is 9.10. The number of aromatic nitrogens is 2. The minimum Gasteiger partial charge on any atom is -0.351 e. The van der Waals surface area contributed by atoms with Gasteiger partial charge in [-0.05, 0) is 22.9 Å². The van der Waals surface area contributed by atoms with E-state index >= 15 is 0 Å². The van der Waals surface area contributed by atoms with Crippen LogP contribution >= 0.6 is 15.9 Å². The molecule has 0 saturated heterocycles. The lowest BCUT2D eigenvalue weighted by molar-refractivity contribution is 0.682. The van der Waals surface area contributed by atoms with Crippen LogP contribution in [-0.4, -0.2) is 32.2 Å². The van der Waals surface area contributed by atoms with Crippen LogP contribution in [0.4, 0.5) is 5.95 Å². The van der Waals surface area contributed by atoms with E-state index in [-0.39, 0.29) is 6.04 Å². The molecule has 14 heavy (non-hydrogen) atoms. The molecule has 0 spiro atoms. The van der Waals surface area contributed by atoms with Gasteiger partial charge in [-0.3, -0.25) is 4.21 Å². The molecule has 0 aliphatic heterocycles. The zero-order valence-corrected chi connectivity index (χ0v) is 10.4. The van der Waals surface area contributed by atoms with Gasteiger partial charge in [0.25, 0.3) is 0 Å². The van der Waals surface area contributed by atoms with Gasteiger partial charge >= 0.3 is 0 Å². The van der Waals surface area contributed by atoms with Crippen molar-refractivity contribution in [3.8, 4) is 0 Å². The summed E-state index contributed by atoms with van der Waals surface area (Å²) in [5.41, 5.74) is 0. The van der Waals surface area contributed by atoms with Gasteiger partial charge in [0.1, 0.15) is 0 Å². The Bertz CT molecular complexity index is 317. The van der Waals surface area contributed by atoms with E-state index in [1.165, 1.54) is 0 Å². The van der Waals surface area contributed by atoms with Crippen LogP contribution in [-0.2, 0) is 10.8 Å². The average Bonchev–Trinajstić information content (AvgIpc) is 2.07. The van der Waals surface area contributed by atoms with Crippen molar-refractivity contribution >= 4 is 32.7 Å². The van der Waals surface area contributed by atoms with Crippen molar-refractivity contribution in [3.63, 3.8) is 0 Å². The van der Waals surface area contributed by atoms with Gasteiger partial charge in [0.15, 0.2) is 0 Å². The van der Waals surface area contributed by atoms with E-state index < -0.39 is 10.8 Å². The van der Waals surface area contributed by atoms with Crippen LogP contribution in [0.2, 0.25) is 0 Å². The van der Waals surface area contributed by atoms with E-state index in [2.05, 4.69) is 31.2 Å². The molecule has 0 bridgehead atoms. The van der Waals surface area contributed by atoms with Crippen LogP contribution in [0.5, 0.6) is 0 Å². The van der Waals surface area contributed by atoms with Gasteiger partial charge in [0, 0.05) is 41.2 Å². The SMILES string of the molecule is CC(CS(C)=O)Nc1ncc(Br)cn1. The lowest BCUT2D eigenvalue weighted by Crippen LogP contribution is -2.23. The van der Waals surface area contributed by atoms with E-state index in [0.29, 0.717) is 11.7 Å². The summed E-state index contributed by atoms with van der Waals surface area (Å²) < 4.78 is 11.8. The predicted molar refractivity (Wildman–Crippen MR) is 61.8 cm³/mol. The lowest BCUT2D eigenvalue weighted by atomic mass is 10.4. The maximum Gasteiger partial charge on any atom is 0.222 e. The van der Waals surface area contributed by atoms with E-state index in [1.807, 2.05) is 6.92 Å². The smallest absolute Gasteiger partial charge is 0.222 e. The summed E-state index contributed by atoms with van der Waals surface area (Å²) in [5, 5.41) is 3.06. The van der Waals surface area contributed by atoms with Crippen molar-refractivity contribution in [2.45, 2.75) is 13.0 Å². The summed E-state index contributed by atoms with van der Waals surface area (Å²) in [4.78, 5) is 8.11. The Morgan fingerprint density at radius 1 is 1.57 bits per heavy atom. The van der Waals surface area contributed by atoms with Crippen molar-refractivity contribution in [1.29, 1.82) is 0 Å². The highest BCUT2D eigenvalue weighted by Crippen LogP contribution is 2.07. The second-order valence-electron chi connectivity index (χ2n) is 3.01. The second kappa shape index (κ2) is 5.41. The Hall–Kier alpha value is -0.490. The fraction of sp³-hybridized carbons (Fsp3) is 0.500. The Kier molecular flexibility index (Phi) is 4.47. The van der Waals surface area contributed by atoms with Crippen molar-refractivity contribution in [2.75, 3.05) is 17.3 Å². The number of hydrogen-bond donors (Lipinski definition) is 1. The third kappa shape index (κ3) is 4.15. The lowest BCUT2D eigenvalue weighted by Gasteiger charge is -2.11. The zero-order valence-electron chi connectivity index (χ0n) is 8.03. The van der Waals surface area contributed by atoms with E-state index in [9.17, 15) is 4.21 Å². The van der Waals surface area contributed by atoms with Gasteiger partial charge in [-0.2, -0.15) is 0 Å². The first-order valence-electron chi connectivity index (χ1n) is 4.12. The Labute approximate surface area is 94.1 Å². The van der Waals surface area contributed by atoms with Crippen LogP contribution in [0.25, 0.3) is 0 Å². The maximum absolute atomic E-state index is 10.9. The maximum atomic E-state index is 10.9. The molecule has 0 aromatic carbocycles. The average molecular weight is 278 g/mol. The Balaban J connectivity index is 2.51. The molecule has 1 N–H and O–H groups in total. The largest absolute Gasteiger partial charge is 0.351 e. The highest BCUT2D eigenvalue weighted by atomic mass is 79.9. The van der Waals surface area contributed by atoms with Gasteiger partial charge in [-0.15, -0.1) is 0 Å². The van der Waals surface area contributed by atoms with Gasteiger partial charge in [0.2, 0.25) is 5.95 Å². The van der Waals surface area contributed by atoms with Crippen molar-refractivity contribution < 1.29 is 4.21 Å². The van der Waals surface area contributed by atoms with Gasteiger partial charge in [0.05, 0.1) is 4.47 Å². The van der Waals surface area contributed by atoms with Crippen molar-refractivity contribution in [3.05, 3.63) is 16.9 Å². The molecule has 1 aromatic heterocycles. The van der Waals surface area contributed by atoms with E-state index in [4.69, 9.17) is 0 Å². The zero-order chi connectivity index (χ0) is 10.6. The minimum absolute atomic E-state index is 0.113. The summed E-state index contributed by atoms with van der Waals surface area (Å²) in [5.74, 6) is 1.16. The van der Waals surface area contributed by atoms with Gasteiger partial charge in [-0.25, -0.2) is 9.97 Å². The quantitative estimate of drug-likeness (QED) is 0.905. The monoisotopic (exact) mass is 277 g/mol. The number of nitrogens with zero attached hydrogens (tertiary/aromatic N) is 2. The fourth-order valence-corrected chi connectivity index (χ4v) is 1.99. The molecule has 0 fully saturated rings. The summed E-state index contributed by atoms with van der Waals surface area (Å²) >= 11 is 3.25. The molecule has 78 valence electrons. The molecule has 4 nitrogen and oxygen atoms in total. The summed E-state index contributed by atoms with van der Waals surface area (Å²) in [6.07, 6.45) is 5.02. The summed E-state index contributed by atoms with van der Waals surface area (Å²) in [7, 11) is -0.801. The number of halogens is 1. The molecular formula is C8H12BrN3OS. The summed E-state index contributed by atoms with van der Waals surface area (Å²) in [6.45, 7) is 1.95. The first kappa shape index (κ1) is 11.6. The van der Waals surface area contributed by atoms with E-state index in [0.717, 1.165) is 4.47 Å². The molecular weight excluding hydrogens is 266 g/mol. The van der Waals surface area contributed by atoms with Crippen molar-refractivity contribution in [1.82, 2.24) is 9.97 Å². The number of rotatable bonds is 4. The fourth-order valence-electron chi connectivity index (χ4n) is 1.00. The van der Waals surface area contributed by atoms with Gasteiger partial charge in [-0.1, -0.05) is 0 Å². The molecule has 0 radical (unpaired) electrons. The molecule has 0 amide bonds. The molecule has 0 aliphatic carbocycles. The number of hydrogen-bond acceptors (Lipinski definition) is 4. The molecule has 1 aromatic rings.